The third-order valence-corrected chi connectivity index (χ3v) is 5.96. The van der Waals surface area contributed by atoms with Gasteiger partial charge in [-0.15, -0.1) is 0 Å². The first-order chi connectivity index (χ1) is 14.6. The van der Waals surface area contributed by atoms with E-state index in [4.69, 9.17) is 9.47 Å². The minimum Gasteiger partial charge on any atom is -0.431 e. The SMILES string of the molecule is CCCC[C@H]1CC[C@H](OC(=O)Oc2ccc(-c3ccc(CCC)cc3F)cc2)CC1. The number of halogens is 1. The van der Waals surface area contributed by atoms with Crippen LogP contribution >= 0.6 is 0 Å². The van der Waals surface area contributed by atoms with E-state index in [1.54, 1.807) is 36.4 Å². The average Bonchev–Trinajstić information content (AvgIpc) is 2.74. The molecule has 0 radical (unpaired) electrons. The summed E-state index contributed by atoms with van der Waals surface area (Å²) >= 11 is 0. The number of carbonyl (C=O) groups excluding carboxylic acids is 1. The molecule has 1 aliphatic carbocycles. The van der Waals surface area contributed by atoms with E-state index in [1.165, 1.54) is 19.3 Å². The fourth-order valence-electron chi connectivity index (χ4n) is 4.23. The number of carbonyl (C=O) groups is 1. The molecule has 0 N–H and O–H groups in total. The number of aryl methyl sites for hydroxylation is 1. The van der Waals surface area contributed by atoms with Crippen LogP contribution in [0, 0.1) is 11.7 Å². The number of rotatable bonds is 8. The quantitative estimate of drug-likeness (QED) is 0.329. The molecule has 0 saturated heterocycles. The molecule has 1 saturated carbocycles. The number of ether oxygens (including phenoxy) is 2. The fourth-order valence-corrected chi connectivity index (χ4v) is 4.23. The lowest BCUT2D eigenvalue weighted by atomic mass is 9.84. The summed E-state index contributed by atoms with van der Waals surface area (Å²) in [6, 6.07) is 12.2. The number of hydrogen-bond donors (Lipinski definition) is 0. The van der Waals surface area contributed by atoms with Crippen LogP contribution in [-0.2, 0) is 11.2 Å². The van der Waals surface area contributed by atoms with E-state index in [-0.39, 0.29) is 11.9 Å². The van der Waals surface area contributed by atoms with Crippen molar-refractivity contribution in [2.45, 2.75) is 77.7 Å². The predicted octanol–water partition coefficient (Wildman–Crippen LogP) is 7.71. The Labute approximate surface area is 179 Å². The molecule has 1 aliphatic rings. The maximum absolute atomic E-state index is 14.4. The molecule has 0 spiro atoms. The predicted molar refractivity (Wildman–Crippen MR) is 118 cm³/mol. The van der Waals surface area contributed by atoms with Gasteiger partial charge in [0.1, 0.15) is 17.7 Å². The highest BCUT2D eigenvalue weighted by molar-refractivity contribution is 5.67. The number of unbranched alkanes of at least 4 members (excludes halogenated alkanes) is 1. The average molecular weight is 413 g/mol. The molecule has 0 aliphatic heterocycles. The topological polar surface area (TPSA) is 35.5 Å². The van der Waals surface area contributed by atoms with Gasteiger partial charge < -0.3 is 9.47 Å². The van der Waals surface area contributed by atoms with Gasteiger partial charge in [-0.05, 0) is 67.3 Å². The molecule has 2 aromatic rings. The highest BCUT2D eigenvalue weighted by Gasteiger charge is 2.24. The van der Waals surface area contributed by atoms with Gasteiger partial charge in [0.05, 0.1) is 0 Å². The summed E-state index contributed by atoms with van der Waals surface area (Å²) < 4.78 is 25.2. The summed E-state index contributed by atoms with van der Waals surface area (Å²) in [6.45, 7) is 4.30. The Morgan fingerprint density at radius 2 is 1.73 bits per heavy atom. The van der Waals surface area contributed by atoms with Crippen LogP contribution in [0.15, 0.2) is 42.5 Å². The molecule has 0 bridgehead atoms. The monoisotopic (exact) mass is 412 g/mol. The molecule has 0 heterocycles. The van der Waals surface area contributed by atoms with E-state index in [2.05, 4.69) is 13.8 Å². The summed E-state index contributed by atoms with van der Waals surface area (Å²) in [5.41, 5.74) is 2.30. The van der Waals surface area contributed by atoms with Gasteiger partial charge in [0.15, 0.2) is 0 Å². The molecular formula is C26H33FO3. The highest BCUT2D eigenvalue weighted by Crippen LogP contribution is 2.30. The van der Waals surface area contributed by atoms with Gasteiger partial charge >= 0.3 is 6.16 Å². The molecule has 4 heteroatoms. The zero-order valence-electron chi connectivity index (χ0n) is 18.2. The number of hydrogen-bond acceptors (Lipinski definition) is 3. The molecule has 0 amide bonds. The van der Waals surface area contributed by atoms with Crippen molar-refractivity contribution in [2.75, 3.05) is 0 Å². The van der Waals surface area contributed by atoms with Gasteiger partial charge in [-0.25, -0.2) is 9.18 Å². The van der Waals surface area contributed by atoms with Crippen LogP contribution in [0.1, 0.15) is 70.8 Å². The summed E-state index contributed by atoms with van der Waals surface area (Å²) in [5.74, 6) is 0.941. The lowest BCUT2D eigenvalue weighted by molar-refractivity contribution is 0.0329. The van der Waals surface area contributed by atoms with Crippen molar-refractivity contribution in [1.82, 2.24) is 0 Å². The Morgan fingerprint density at radius 3 is 2.37 bits per heavy atom. The molecule has 30 heavy (non-hydrogen) atoms. The van der Waals surface area contributed by atoms with Crippen LogP contribution in [0.4, 0.5) is 9.18 Å². The van der Waals surface area contributed by atoms with Gasteiger partial charge in [-0.1, -0.05) is 63.8 Å². The van der Waals surface area contributed by atoms with E-state index < -0.39 is 6.16 Å². The van der Waals surface area contributed by atoms with Crippen molar-refractivity contribution < 1.29 is 18.7 Å². The normalized spacial score (nSPS) is 18.8. The smallest absolute Gasteiger partial charge is 0.431 e. The second kappa shape index (κ2) is 11.1. The molecule has 0 atom stereocenters. The molecule has 3 nitrogen and oxygen atoms in total. The molecular weight excluding hydrogens is 379 g/mol. The Morgan fingerprint density at radius 1 is 1.00 bits per heavy atom. The van der Waals surface area contributed by atoms with Gasteiger partial charge in [0.2, 0.25) is 0 Å². The minimum atomic E-state index is -0.658. The van der Waals surface area contributed by atoms with Crippen molar-refractivity contribution in [3.05, 3.63) is 53.8 Å². The molecule has 162 valence electrons. The second-order valence-electron chi connectivity index (χ2n) is 8.34. The molecule has 0 aromatic heterocycles. The van der Waals surface area contributed by atoms with E-state index in [9.17, 15) is 9.18 Å². The summed E-state index contributed by atoms with van der Waals surface area (Å²) in [7, 11) is 0. The van der Waals surface area contributed by atoms with Crippen molar-refractivity contribution in [3.8, 4) is 16.9 Å². The molecule has 0 unspecified atom stereocenters. The lowest BCUT2D eigenvalue weighted by Gasteiger charge is -2.27. The van der Waals surface area contributed by atoms with Crippen molar-refractivity contribution >= 4 is 6.16 Å². The standard InChI is InChI=1S/C26H33FO3/c1-3-5-7-19-8-13-22(14-9-19)29-26(28)30-23-15-11-21(12-16-23)24-17-10-20(6-4-2)18-25(24)27/h10-12,15-19,22H,3-9,13-14H2,1-2H3/t19-,22-. The van der Waals surface area contributed by atoms with Gasteiger partial charge in [0.25, 0.3) is 0 Å². The largest absolute Gasteiger partial charge is 0.514 e. The first-order valence-electron chi connectivity index (χ1n) is 11.4. The number of benzene rings is 2. The fraction of sp³-hybridized carbons (Fsp3) is 0.500. The van der Waals surface area contributed by atoms with Gasteiger partial charge in [-0.2, -0.15) is 0 Å². The van der Waals surface area contributed by atoms with Crippen molar-refractivity contribution in [1.29, 1.82) is 0 Å². The van der Waals surface area contributed by atoms with Crippen LogP contribution in [-0.4, -0.2) is 12.3 Å². The maximum atomic E-state index is 14.4. The second-order valence-corrected chi connectivity index (χ2v) is 8.34. The zero-order chi connectivity index (χ0) is 21.3. The Kier molecular flexibility index (Phi) is 8.30. The van der Waals surface area contributed by atoms with Crippen LogP contribution < -0.4 is 4.74 Å². The Balaban J connectivity index is 1.50. The maximum Gasteiger partial charge on any atom is 0.514 e. The van der Waals surface area contributed by atoms with E-state index >= 15 is 0 Å². The minimum absolute atomic E-state index is 0.0506. The van der Waals surface area contributed by atoms with E-state index in [0.29, 0.717) is 11.3 Å². The Hall–Kier alpha value is -2.36. The van der Waals surface area contributed by atoms with Crippen molar-refractivity contribution in [2.24, 2.45) is 5.92 Å². The molecule has 3 rings (SSSR count). The third kappa shape index (κ3) is 6.32. The van der Waals surface area contributed by atoms with Crippen molar-refractivity contribution in [3.63, 3.8) is 0 Å². The molecule has 2 aromatic carbocycles. The summed E-state index contributed by atoms with van der Waals surface area (Å²) in [4.78, 5) is 12.1. The van der Waals surface area contributed by atoms with Crippen LogP contribution in [0.2, 0.25) is 0 Å². The highest BCUT2D eigenvalue weighted by atomic mass is 19.1. The van der Waals surface area contributed by atoms with Gasteiger partial charge in [0, 0.05) is 5.56 Å². The van der Waals surface area contributed by atoms with Crippen LogP contribution in [0.5, 0.6) is 5.75 Å². The summed E-state index contributed by atoms with van der Waals surface area (Å²) in [6.07, 6.45) is 9.01. The third-order valence-electron chi connectivity index (χ3n) is 5.96. The molecule has 1 fully saturated rings. The Bertz CT molecular complexity index is 808. The van der Waals surface area contributed by atoms with Crippen LogP contribution in [0.25, 0.3) is 11.1 Å². The first kappa shape index (κ1) is 22.3. The van der Waals surface area contributed by atoms with E-state index in [0.717, 1.165) is 55.6 Å². The lowest BCUT2D eigenvalue weighted by Crippen LogP contribution is -2.26. The van der Waals surface area contributed by atoms with Crippen LogP contribution in [0.3, 0.4) is 0 Å². The van der Waals surface area contributed by atoms with E-state index in [1.807, 2.05) is 6.07 Å². The van der Waals surface area contributed by atoms with Gasteiger partial charge in [-0.3, -0.25) is 0 Å². The zero-order valence-corrected chi connectivity index (χ0v) is 18.2. The first-order valence-corrected chi connectivity index (χ1v) is 11.4. The summed E-state index contributed by atoms with van der Waals surface area (Å²) in [5, 5.41) is 0.